The zero-order valence-corrected chi connectivity index (χ0v) is 12.4. The third kappa shape index (κ3) is 3.45. The Kier molecular flexibility index (Phi) is 3.82. The van der Waals surface area contributed by atoms with E-state index in [-0.39, 0.29) is 10.3 Å². The number of sulfonamides is 1. The summed E-state index contributed by atoms with van der Waals surface area (Å²) >= 11 is 0. The van der Waals surface area contributed by atoms with Gasteiger partial charge < -0.3 is 5.32 Å². The molecule has 19 heavy (non-hydrogen) atoms. The van der Waals surface area contributed by atoms with Crippen LogP contribution in [-0.2, 0) is 10.0 Å². The predicted molar refractivity (Wildman–Crippen MR) is 75.5 cm³/mol. The Morgan fingerprint density at radius 1 is 1.47 bits per heavy atom. The zero-order chi connectivity index (χ0) is 14.1. The Labute approximate surface area is 114 Å². The molecule has 0 radical (unpaired) electrons. The summed E-state index contributed by atoms with van der Waals surface area (Å²) in [5.74, 6) is 1.02. The van der Waals surface area contributed by atoms with Crippen molar-refractivity contribution in [2.45, 2.75) is 32.1 Å². The van der Waals surface area contributed by atoms with Gasteiger partial charge >= 0.3 is 0 Å². The second-order valence-electron chi connectivity index (χ2n) is 5.65. The highest BCUT2D eigenvalue weighted by atomic mass is 32.2. The van der Waals surface area contributed by atoms with Gasteiger partial charge in [-0.25, -0.2) is 18.1 Å². The van der Waals surface area contributed by atoms with Crippen LogP contribution in [0.1, 0.15) is 27.2 Å². The van der Waals surface area contributed by atoms with Crippen molar-refractivity contribution in [2.75, 3.05) is 18.4 Å². The Hall–Kier alpha value is -1.14. The van der Waals surface area contributed by atoms with Crippen molar-refractivity contribution in [1.29, 1.82) is 0 Å². The molecule has 1 aliphatic carbocycles. The molecule has 106 valence electrons. The highest BCUT2D eigenvalue weighted by molar-refractivity contribution is 7.89. The quantitative estimate of drug-likeness (QED) is 0.835. The predicted octanol–water partition coefficient (Wildman–Crippen LogP) is 1.84. The fourth-order valence-electron chi connectivity index (χ4n) is 2.07. The smallest absolute Gasteiger partial charge is 0.240 e. The molecule has 6 heteroatoms. The second kappa shape index (κ2) is 5.09. The number of hydrogen-bond acceptors (Lipinski definition) is 4. The standard InChI is InChI=1S/C13H21N3O2S/c1-4-14-12-7-11(5-6-15-12)19(17,18)16-9-10-8-13(10,2)3/h5-7,10,16H,4,8-9H2,1-3H3,(H,14,15). The summed E-state index contributed by atoms with van der Waals surface area (Å²) in [6.07, 6.45) is 2.59. The van der Waals surface area contributed by atoms with E-state index >= 15 is 0 Å². The lowest BCUT2D eigenvalue weighted by Crippen LogP contribution is -2.27. The molecule has 0 bridgehead atoms. The van der Waals surface area contributed by atoms with E-state index in [1.807, 2.05) is 6.92 Å². The van der Waals surface area contributed by atoms with Crippen LogP contribution in [0.25, 0.3) is 0 Å². The van der Waals surface area contributed by atoms with E-state index < -0.39 is 10.0 Å². The van der Waals surface area contributed by atoms with E-state index in [0.29, 0.717) is 24.8 Å². The van der Waals surface area contributed by atoms with Gasteiger partial charge in [0.15, 0.2) is 0 Å². The van der Waals surface area contributed by atoms with Crippen molar-refractivity contribution >= 4 is 15.8 Å². The average Bonchev–Trinajstić information content (AvgIpc) is 2.96. The molecule has 0 aliphatic heterocycles. The molecule has 1 aliphatic rings. The SMILES string of the molecule is CCNc1cc(S(=O)(=O)NCC2CC2(C)C)ccn1. The van der Waals surface area contributed by atoms with Crippen molar-refractivity contribution in [3.05, 3.63) is 18.3 Å². The van der Waals surface area contributed by atoms with E-state index in [1.165, 1.54) is 12.3 Å². The molecule has 1 atom stereocenters. The van der Waals surface area contributed by atoms with Crippen molar-refractivity contribution in [2.24, 2.45) is 11.3 Å². The van der Waals surface area contributed by atoms with Crippen LogP contribution < -0.4 is 10.0 Å². The fourth-order valence-corrected chi connectivity index (χ4v) is 3.17. The van der Waals surface area contributed by atoms with Crippen molar-refractivity contribution in [1.82, 2.24) is 9.71 Å². The third-order valence-corrected chi connectivity index (χ3v) is 5.06. The first-order valence-corrected chi connectivity index (χ1v) is 8.03. The molecule has 0 aromatic carbocycles. The summed E-state index contributed by atoms with van der Waals surface area (Å²) in [4.78, 5) is 4.33. The van der Waals surface area contributed by atoms with E-state index in [9.17, 15) is 8.42 Å². The van der Waals surface area contributed by atoms with Crippen LogP contribution in [0.2, 0.25) is 0 Å². The Balaban J connectivity index is 2.04. The van der Waals surface area contributed by atoms with Gasteiger partial charge in [-0.15, -0.1) is 0 Å². The maximum Gasteiger partial charge on any atom is 0.240 e. The number of aromatic nitrogens is 1. The molecule has 0 amide bonds. The number of rotatable bonds is 6. The van der Waals surface area contributed by atoms with Gasteiger partial charge in [0.1, 0.15) is 5.82 Å². The van der Waals surface area contributed by atoms with Crippen LogP contribution in [-0.4, -0.2) is 26.5 Å². The van der Waals surface area contributed by atoms with Crippen molar-refractivity contribution in [3.63, 3.8) is 0 Å². The molecule has 1 aromatic heterocycles. The topological polar surface area (TPSA) is 71.1 Å². The number of nitrogens with zero attached hydrogens (tertiary/aromatic N) is 1. The van der Waals surface area contributed by atoms with Gasteiger partial charge in [0.25, 0.3) is 0 Å². The Morgan fingerprint density at radius 3 is 2.74 bits per heavy atom. The van der Waals surface area contributed by atoms with Crippen LogP contribution in [0.5, 0.6) is 0 Å². The summed E-state index contributed by atoms with van der Waals surface area (Å²) < 4.78 is 27.0. The molecular formula is C13H21N3O2S. The van der Waals surface area contributed by atoms with Crippen LogP contribution in [0.4, 0.5) is 5.82 Å². The Bertz CT molecular complexity index is 555. The van der Waals surface area contributed by atoms with Gasteiger partial charge in [-0.1, -0.05) is 13.8 Å². The summed E-state index contributed by atoms with van der Waals surface area (Å²) in [7, 11) is -3.44. The fraction of sp³-hybridized carbons (Fsp3) is 0.615. The molecule has 5 nitrogen and oxygen atoms in total. The minimum absolute atomic E-state index is 0.261. The first kappa shape index (κ1) is 14.3. The van der Waals surface area contributed by atoms with Gasteiger partial charge in [-0.2, -0.15) is 0 Å². The molecule has 0 saturated heterocycles. The third-order valence-electron chi connectivity index (χ3n) is 3.64. The molecule has 2 N–H and O–H groups in total. The van der Waals surface area contributed by atoms with Gasteiger partial charge in [0, 0.05) is 25.4 Å². The molecule has 0 spiro atoms. The highest BCUT2D eigenvalue weighted by Crippen LogP contribution is 2.51. The summed E-state index contributed by atoms with van der Waals surface area (Å²) in [5.41, 5.74) is 0.274. The average molecular weight is 283 g/mol. The molecule has 1 heterocycles. The molecule has 1 unspecified atom stereocenters. The van der Waals surface area contributed by atoms with Gasteiger partial charge in [-0.05, 0) is 30.7 Å². The number of hydrogen-bond donors (Lipinski definition) is 2. The Morgan fingerprint density at radius 2 is 2.16 bits per heavy atom. The first-order valence-electron chi connectivity index (χ1n) is 6.55. The van der Waals surface area contributed by atoms with E-state index in [2.05, 4.69) is 28.9 Å². The molecule has 1 fully saturated rings. The van der Waals surface area contributed by atoms with Crippen LogP contribution in [0.15, 0.2) is 23.2 Å². The van der Waals surface area contributed by atoms with Crippen LogP contribution in [0.3, 0.4) is 0 Å². The number of pyridine rings is 1. The minimum atomic E-state index is -3.44. The maximum absolute atomic E-state index is 12.2. The molecule has 2 rings (SSSR count). The zero-order valence-electron chi connectivity index (χ0n) is 11.6. The molecular weight excluding hydrogens is 262 g/mol. The highest BCUT2D eigenvalue weighted by Gasteiger charge is 2.45. The summed E-state index contributed by atoms with van der Waals surface area (Å²) in [6.45, 7) is 7.47. The largest absolute Gasteiger partial charge is 0.370 e. The maximum atomic E-state index is 12.2. The van der Waals surface area contributed by atoms with E-state index in [0.717, 1.165) is 6.42 Å². The lowest BCUT2D eigenvalue weighted by atomic mass is 10.1. The van der Waals surface area contributed by atoms with E-state index in [1.54, 1.807) is 6.07 Å². The number of nitrogens with one attached hydrogen (secondary N) is 2. The van der Waals surface area contributed by atoms with Gasteiger partial charge in [-0.3, -0.25) is 0 Å². The summed E-state index contributed by atoms with van der Waals surface area (Å²) in [6, 6.07) is 3.07. The minimum Gasteiger partial charge on any atom is -0.370 e. The second-order valence-corrected chi connectivity index (χ2v) is 7.42. The van der Waals surface area contributed by atoms with E-state index in [4.69, 9.17) is 0 Å². The van der Waals surface area contributed by atoms with Crippen LogP contribution in [0, 0.1) is 11.3 Å². The summed E-state index contributed by atoms with van der Waals surface area (Å²) in [5, 5.41) is 3.01. The normalized spacial score (nSPS) is 21.1. The lowest BCUT2D eigenvalue weighted by molar-refractivity contribution is 0.537. The van der Waals surface area contributed by atoms with Crippen molar-refractivity contribution in [3.8, 4) is 0 Å². The van der Waals surface area contributed by atoms with Gasteiger partial charge in [0.05, 0.1) is 4.90 Å². The molecule has 1 aromatic rings. The monoisotopic (exact) mass is 283 g/mol. The van der Waals surface area contributed by atoms with Gasteiger partial charge in [0.2, 0.25) is 10.0 Å². The molecule has 1 saturated carbocycles. The number of anilines is 1. The van der Waals surface area contributed by atoms with Crippen LogP contribution >= 0.6 is 0 Å². The van der Waals surface area contributed by atoms with Crippen molar-refractivity contribution < 1.29 is 8.42 Å². The first-order chi connectivity index (χ1) is 8.85. The lowest BCUT2D eigenvalue weighted by Gasteiger charge is -2.09.